The molecule has 0 radical (unpaired) electrons. The van der Waals surface area contributed by atoms with Crippen LogP contribution >= 0.6 is 18.9 Å². The average molecular weight is 510 g/mol. The van der Waals surface area contributed by atoms with Crippen LogP contribution in [0.25, 0.3) is 10.1 Å². The molecule has 4 aromatic rings. The highest BCUT2D eigenvalue weighted by atomic mass is 32.1. The zero-order valence-corrected chi connectivity index (χ0v) is 20.6. The van der Waals surface area contributed by atoms with Crippen molar-refractivity contribution in [1.29, 1.82) is 0 Å². The molecule has 0 bridgehead atoms. The van der Waals surface area contributed by atoms with Crippen molar-refractivity contribution in [2.45, 2.75) is 25.7 Å². The maximum atomic E-state index is 14.0. The van der Waals surface area contributed by atoms with Crippen LogP contribution in [-0.4, -0.2) is 23.1 Å². The van der Waals surface area contributed by atoms with Gasteiger partial charge in [0.1, 0.15) is 23.3 Å². The largest absolute Gasteiger partial charge is 0.477 e. The number of hydrogen-bond acceptors (Lipinski definition) is 6. The van der Waals surface area contributed by atoms with Crippen LogP contribution in [0.1, 0.15) is 27.7 Å². The number of ether oxygens (including phenoxy) is 1. The molecule has 35 heavy (non-hydrogen) atoms. The highest BCUT2D eigenvalue weighted by Crippen LogP contribution is 2.47. The van der Waals surface area contributed by atoms with E-state index in [1.54, 1.807) is 55.5 Å². The molecule has 1 heterocycles. The molecule has 4 rings (SSSR count). The second-order valence-corrected chi connectivity index (χ2v) is 11.2. The Labute approximate surface area is 206 Å². The summed E-state index contributed by atoms with van der Waals surface area (Å²) in [5.41, 5.74) is 1.53. The minimum Gasteiger partial charge on any atom is -0.477 e. The first kappa shape index (κ1) is 24.7. The van der Waals surface area contributed by atoms with Crippen LogP contribution in [0.4, 0.5) is 0 Å². The maximum absolute atomic E-state index is 14.0. The van der Waals surface area contributed by atoms with Crippen LogP contribution in [0.3, 0.4) is 0 Å². The minimum atomic E-state index is -3.62. The molecule has 9 heteroatoms. The summed E-state index contributed by atoms with van der Waals surface area (Å²) < 4.78 is 26.1. The summed E-state index contributed by atoms with van der Waals surface area (Å²) in [6, 6.07) is 24.1. The van der Waals surface area contributed by atoms with Crippen molar-refractivity contribution in [3.05, 3.63) is 101 Å². The van der Waals surface area contributed by atoms with Crippen LogP contribution in [-0.2, 0) is 26.9 Å². The van der Waals surface area contributed by atoms with E-state index in [0.29, 0.717) is 11.3 Å². The summed E-state index contributed by atoms with van der Waals surface area (Å²) in [4.78, 5) is 24.2. The molecule has 0 aliphatic rings. The fourth-order valence-corrected chi connectivity index (χ4v) is 6.42. The van der Waals surface area contributed by atoms with Gasteiger partial charge in [0.05, 0.1) is 6.16 Å². The van der Waals surface area contributed by atoms with Gasteiger partial charge in [-0.3, -0.25) is 9.36 Å². The number of fused-ring (bicyclic) bond motifs is 1. The number of carboxylic acid groups (broad SMARTS) is 1. The van der Waals surface area contributed by atoms with Crippen LogP contribution < -0.4 is 9.61 Å². The van der Waals surface area contributed by atoms with Crippen LogP contribution in [0.5, 0.6) is 5.75 Å². The summed E-state index contributed by atoms with van der Waals surface area (Å²) in [5, 5.41) is 12.9. The predicted octanol–water partition coefficient (Wildman–Crippen LogP) is 6.09. The van der Waals surface area contributed by atoms with E-state index in [1.807, 2.05) is 36.4 Å². The van der Waals surface area contributed by atoms with E-state index in [-0.39, 0.29) is 17.6 Å². The normalized spacial score (nSPS) is 13.6. The zero-order valence-electron chi connectivity index (χ0n) is 18.9. The molecule has 7 nitrogen and oxygen atoms in total. The van der Waals surface area contributed by atoms with Crippen molar-refractivity contribution in [2.24, 2.45) is 0 Å². The van der Waals surface area contributed by atoms with E-state index in [0.717, 1.165) is 15.6 Å². The number of nitrogens with one attached hydrogen (secondary N) is 1. The number of carbonyl (C=O) groups is 2. The summed E-state index contributed by atoms with van der Waals surface area (Å²) >= 11 is 1.18. The number of rotatable bonds is 10. The SMILES string of the molecule is CC(NP(=O)(Cc1ccc2sc(C(=O)O)cc2c1)Oc1ccccc1)C(=O)OCc1ccccc1. The van der Waals surface area contributed by atoms with Gasteiger partial charge in [0.2, 0.25) is 0 Å². The Morgan fingerprint density at radius 1 is 0.971 bits per heavy atom. The maximum Gasteiger partial charge on any atom is 0.345 e. The van der Waals surface area contributed by atoms with Crippen molar-refractivity contribution in [3.8, 4) is 5.75 Å². The van der Waals surface area contributed by atoms with Crippen molar-refractivity contribution >= 4 is 40.9 Å². The Kier molecular flexibility index (Phi) is 7.66. The predicted molar refractivity (Wildman–Crippen MR) is 136 cm³/mol. The Balaban J connectivity index is 1.53. The highest BCUT2D eigenvalue weighted by molar-refractivity contribution is 7.56. The molecule has 0 aliphatic carbocycles. The molecular weight excluding hydrogens is 485 g/mol. The van der Waals surface area contributed by atoms with Crippen LogP contribution in [0, 0.1) is 0 Å². The molecule has 0 amide bonds. The van der Waals surface area contributed by atoms with Crippen molar-refractivity contribution < 1.29 is 28.5 Å². The Morgan fingerprint density at radius 3 is 2.34 bits per heavy atom. The Hall–Kier alpha value is -3.45. The van der Waals surface area contributed by atoms with E-state index < -0.39 is 25.5 Å². The number of benzene rings is 3. The second kappa shape index (κ2) is 10.9. The number of aromatic carboxylic acids is 1. The molecule has 0 fully saturated rings. The molecule has 0 aliphatic heterocycles. The van der Waals surface area contributed by atoms with Crippen LogP contribution in [0.2, 0.25) is 0 Å². The summed E-state index contributed by atoms with van der Waals surface area (Å²) in [7, 11) is -3.62. The Bertz CT molecular complexity index is 1370. The van der Waals surface area contributed by atoms with E-state index in [2.05, 4.69) is 5.09 Å². The van der Waals surface area contributed by atoms with E-state index in [1.165, 1.54) is 11.3 Å². The van der Waals surface area contributed by atoms with Gasteiger partial charge in [0.15, 0.2) is 0 Å². The third-order valence-electron chi connectivity index (χ3n) is 5.15. The lowest BCUT2D eigenvalue weighted by Gasteiger charge is -2.24. The van der Waals surface area contributed by atoms with Gasteiger partial charge < -0.3 is 14.4 Å². The molecule has 0 saturated heterocycles. The summed E-state index contributed by atoms with van der Waals surface area (Å²) in [5.74, 6) is -1.14. The lowest BCUT2D eigenvalue weighted by Crippen LogP contribution is -2.34. The van der Waals surface area contributed by atoms with Gasteiger partial charge in [-0.2, -0.15) is 0 Å². The zero-order chi connectivity index (χ0) is 24.8. The number of para-hydroxylation sites is 1. The molecule has 180 valence electrons. The first-order valence-corrected chi connectivity index (χ1v) is 13.5. The third-order valence-corrected chi connectivity index (χ3v) is 8.32. The van der Waals surface area contributed by atoms with Gasteiger partial charge in [0.25, 0.3) is 0 Å². The molecule has 2 N–H and O–H groups in total. The second-order valence-electron chi connectivity index (χ2n) is 7.97. The number of esters is 1. The summed E-state index contributed by atoms with van der Waals surface area (Å²) in [6.45, 7) is 1.69. The van der Waals surface area contributed by atoms with E-state index in [9.17, 15) is 19.3 Å². The molecule has 2 atom stereocenters. The first-order valence-electron chi connectivity index (χ1n) is 10.9. The quantitative estimate of drug-likeness (QED) is 0.197. The topological polar surface area (TPSA) is 102 Å². The molecule has 0 saturated carbocycles. The fourth-order valence-electron chi connectivity index (χ4n) is 3.49. The fraction of sp³-hybridized carbons (Fsp3) is 0.154. The number of hydrogen-bond donors (Lipinski definition) is 2. The lowest BCUT2D eigenvalue weighted by atomic mass is 10.2. The molecule has 1 aromatic heterocycles. The van der Waals surface area contributed by atoms with Gasteiger partial charge in [-0.25, -0.2) is 9.88 Å². The van der Waals surface area contributed by atoms with Crippen molar-refractivity contribution in [1.82, 2.24) is 5.09 Å². The summed E-state index contributed by atoms with van der Waals surface area (Å²) in [6.07, 6.45) is -0.00755. The van der Waals surface area contributed by atoms with Crippen LogP contribution in [0.15, 0.2) is 84.9 Å². The highest BCUT2D eigenvalue weighted by Gasteiger charge is 2.31. The Morgan fingerprint density at radius 2 is 1.66 bits per heavy atom. The molecule has 2 unspecified atom stereocenters. The van der Waals surface area contributed by atoms with Gasteiger partial charge in [-0.1, -0.05) is 54.6 Å². The monoisotopic (exact) mass is 509 g/mol. The molecule has 3 aromatic carbocycles. The molecule has 0 spiro atoms. The van der Waals surface area contributed by atoms with Gasteiger partial charge >= 0.3 is 19.5 Å². The van der Waals surface area contributed by atoms with Crippen molar-refractivity contribution in [3.63, 3.8) is 0 Å². The van der Waals surface area contributed by atoms with Crippen molar-refractivity contribution in [2.75, 3.05) is 0 Å². The van der Waals surface area contributed by atoms with Gasteiger partial charge in [0, 0.05) is 4.70 Å². The van der Waals surface area contributed by atoms with Gasteiger partial charge in [-0.15, -0.1) is 11.3 Å². The van der Waals surface area contributed by atoms with E-state index >= 15 is 0 Å². The van der Waals surface area contributed by atoms with Gasteiger partial charge in [-0.05, 0) is 53.8 Å². The average Bonchev–Trinajstić information content (AvgIpc) is 3.27. The number of thiophene rings is 1. The smallest absolute Gasteiger partial charge is 0.345 e. The lowest BCUT2D eigenvalue weighted by molar-refractivity contribution is -0.146. The molecular formula is C26H24NO6PS. The number of carboxylic acids is 1. The van der Waals surface area contributed by atoms with E-state index in [4.69, 9.17) is 9.26 Å². The standard InChI is InChI=1S/C26H24NO6PS/c1-18(26(30)32-16-19-8-4-2-5-9-19)27-34(31,33-22-10-6-3-7-11-22)17-20-12-13-23-21(14-20)15-24(35-23)25(28)29/h2-15,18H,16-17H2,1H3,(H,27,31)(H,28,29). The third kappa shape index (κ3) is 6.57. The number of carbonyl (C=O) groups excluding carboxylic acids is 1. The minimum absolute atomic E-state index is 0.00755. The first-order chi connectivity index (χ1) is 16.8.